The fraction of sp³-hybridized carbons (Fsp3) is 0.391. The smallest absolute Gasteiger partial charge is 0.335 e. The molecule has 0 aliphatic carbocycles. The van der Waals surface area contributed by atoms with Crippen LogP contribution in [-0.2, 0) is 27.1 Å². The van der Waals surface area contributed by atoms with Crippen molar-refractivity contribution in [3.8, 4) is 0 Å². The molecule has 3 aliphatic heterocycles. The fourth-order valence-corrected chi connectivity index (χ4v) is 6.60. The molecule has 1 atom stereocenters. The third-order valence-corrected chi connectivity index (χ3v) is 9.54. The van der Waals surface area contributed by atoms with Crippen LogP contribution in [0.1, 0.15) is 22.4 Å². The van der Waals surface area contributed by atoms with Crippen LogP contribution in [0.2, 0.25) is 10.0 Å². The van der Waals surface area contributed by atoms with E-state index in [1.165, 1.54) is 17.0 Å². The quantitative estimate of drug-likeness (QED) is 0.350. The molecule has 3 aliphatic rings. The van der Waals surface area contributed by atoms with Crippen molar-refractivity contribution in [1.82, 2.24) is 15.4 Å². The van der Waals surface area contributed by atoms with E-state index >= 15 is 4.39 Å². The summed E-state index contributed by atoms with van der Waals surface area (Å²) in [5.74, 6) is -1.15. The van der Waals surface area contributed by atoms with Crippen molar-refractivity contribution in [3.63, 3.8) is 0 Å². The number of nitrogens with one attached hydrogen (secondary N) is 1. The summed E-state index contributed by atoms with van der Waals surface area (Å²) in [7, 11) is -2.74. The summed E-state index contributed by atoms with van der Waals surface area (Å²) >= 11 is 11.3. The zero-order chi connectivity index (χ0) is 29.5. The molecule has 1 aromatic heterocycles. The Bertz CT molecular complexity index is 1390. The minimum absolute atomic E-state index is 0.00140. The van der Waals surface area contributed by atoms with Crippen molar-refractivity contribution in [2.75, 3.05) is 24.6 Å². The molecule has 0 spiro atoms. The van der Waals surface area contributed by atoms with Crippen molar-refractivity contribution in [2.24, 2.45) is 5.92 Å². The minimum atomic E-state index is -5.26. The van der Waals surface area contributed by atoms with Gasteiger partial charge in [-0.05, 0) is 30.3 Å². The maximum Gasteiger partial charge on any atom is 0.428 e. The maximum absolute atomic E-state index is 15.3. The van der Waals surface area contributed by atoms with Crippen LogP contribution in [0.5, 0.6) is 0 Å². The van der Waals surface area contributed by atoms with Gasteiger partial charge >= 0.3 is 12.4 Å². The number of benzene rings is 1. The number of hydroxylamine groups is 1. The van der Waals surface area contributed by atoms with Crippen LogP contribution in [0, 0.1) is 5.92 Å². The van der Waals surface area contributed by atoms with Crippen LogP contribution in [0.3, 0.4) is 0 Å². The Hall–Kier alpha value is -2.30. The summed E-state index contributed by atoms with van der Waals surface area (Å²) in [5, 5.41) is -1.73. The lowest BCUT2D eigenvalue weighted by Crippen LogP contribution is -2.62. The van der Waals surface area contributed by atoms with Crippen LogP contribution in [0.15, 0.2) is 36.5 Å². The Morgan fingerprint density at radius 3 is 2.30 bits per heavy atom. The van der Waals surface area contributed by atoms with E-state index in [0.717, 1.165) is 6.20 Å². The number of amides is 1. The number of carbonyl (C=O) groups is 1. The third-order valence-electron chi connectivity index (χ3n) is 6.87. The van der Waals surface area contributed by atoms with Crippen molar-refractivity contribution < 1.29 is 49.5 Å². The van der Waals surface area contributed by atoms with Gasteiger partial charge in [-0.25, -0.2) is 4.39 Å². The second-order valence-corrected chi connectivity index (χ2v) is 12.8. The number of rotatable bonds is 4. The summed E-state index contributed by atoms with van der Waals surface area (Å²) in [6, 6.07) is 3.26. The summed E-state index contributed by atoms with van der Waals surface area (Å²) < 4.78 is 117. The summed E-state index contributed by atoms with van der Waals surface area (Å²) in [4.78, 5) is 22.4. The van der Waals surface area contributed by atoms with Crippen LogP contribution in [-0.4, -0.2) is 55.7 Å². The molecule has 0 radical (unpaired) electrons. The van der Waals surface area contributed by atoms with E-state index in [9.17, 15) is 40.2 Å². The monoisotopic (exact) mass is 635 g/mol. The molecule has 2 saturated heterocycles. The number of halogens is 9. The number of aromatic nitrogens is 1. The van der Waals surface area contributed by atoms with Gasteiger partial charge in [-0.15, -0.1) is 0 Å². The van der Waals surface area contributed by atoms with Crippen LogP contribution < -0.4 is 5.48 Å². The van der Waals surface area contributed by atoms with Gasteiger partial charge in [0.1, 0.15) is 0 Å². The van der Waals surface area contributed by atoms with Gasteiger partial charge in [0.15, 0.2) is 5.67 Å². The van der Waals surface area contributed by atoms with Crippen molar-refractivity contribution in [2.45, 2.75) is 23.6 Å². The van der Waals surface area contributed by atoms with Gasteiger partial charge in [0.25, 0.3) is 0 Å². The standard InChI is InChI=1S/C23H18Cl2F7N3O4S/c24-15-4-13(3-14(18(15)25)22(27,28)29)21(23(30,31)32)5-16(34-39-21)11-1-2-17(33-6-11)20(26)9-35(10-20)19(36)12-7-40(37,38)8-12/h1-6,12,34,37-38H,7-10H2. The van der Waals surface area contributed by atoms with E-state index in [1.807, 2.05) is 0 Å². The highest BCUT2D eigenvalue weighted by Crippen LogP contribution is 2.53. The van der Waals surface area contributed by atoms with Gasteiger partial charge in [0.2, 0.25) is 11.5 Å². The highest BCUT2D eigenvalue weighted by Gasteiger charge is 2.60. The third kappa shape index (κ3) is 4.90. The van der Waals surface area contributed by atoms with Crippen molar-refractivity contribution in [3.05, 3.63) is 69.0 Å². The first-order valence-electron chi connectivity index (χ1n) is 11.3. The molecular weight excluding hydrogens is 618 g/mol. The Morgan fingerprint density at radius 2 is 1.77 bits per heavy atom. The summed E-state index contributed by atoms with van der Waals surface area (Å²) in [5.41, 5.74) is -6.32. The number of pyridine rings is 1. The molecule has 1 amide bonds. The topological polar surface area (TPSA) is 94.9 Å². The molecule has 1 unspecified atom stereocenters. The van der Waals surface area contributed by atoms with E-state index in [2.05, 4.69) is 10.5 Å². The first-order chi connectivity index (χ1) is 18.4. The zero-order valence-corrected chi connectivity index (χ0v) is 22.1. The molecule has 5 rings (SSSR count). The Kier molecular flexibility index (Phi) is 6.83. The van der Waals surface area contributed by atoms with Gasteiger partial charge < -0.3 is 4.90 Å². The zero-order valence-electron chi connectivity index (χ0n) is 19.8. The molecule has 0 saturated carbocycles. The number of hydrogen-bond donors (Lipinski definition) is 3. The fourth-order valence-electron chi connectivity index (χ4n) is 4.69. The van der Waals surface area contributed by atoms with E-state index in [-0.39, 0.29) is 47.6 Å². The lowest BCUT2D eigenvalue weighted by Gasteiger charge is -2.51. The molecule has 3 N–H and O–H groups in total. The number of alkyl halides is 7. The number of nitrogens with zero attached hydrogens (tertiary/aromatic N) is 2. The number of carbonyl (C=O) groups excluding carboxylic acids is 1. The van der Waals surface area contributed by atoms with E-state index in [4.69, 9.17) is 28.0 Å². The molecule has 1 aromatic carbocycles. The summed E-state index contributed by atoms with van der Waals surface area (Å²) in [6.07, 6.45) is -8.80. The molecule has 17 heteroatoms. The second kappa shape index (κ2) is 9.36. The van der Waals surface area contributed by atoms with E-state index in [1.54, 1.807) is 0 Å². The van der Waals surface area contributed by atoms with Crippen molar-refractivity contribution in [1.29, 1.82) is 0 Å². The first-order valence-corrected chi connectivity index (χ1v) is 14.0. The Balaban J connectivity index is 1.38. The molecule has 2 fully saturated rings. The average molecular weight is 636 g/mol. The lowest BCUT2D eigenvalue weighted by atomic mass is 9.89. The van der Waals surface area contributed by atoms with Gasteiger partial charge in [-0.2, -0.15) is 36.9 Å². The molecular formula is C23H18Cl2F7N3O4S. The largest absolute Gasteiger partial charge is 0.428 e. The van der Waals surface area contributed by atoms with Gasteiger partial charge in [-0.1, -0.05) is 23.2 Å². The SMILES string of the molecule is O=C(C1CS(O)(O)C1)N1CC(F)(c2ccc(C3=CC(c4cc(Cl)c(Cl)c(C(F)(F)F)c4)(C(F)(F)F)ON3)cn2)C1. The predicted octanol–water partition coefficient (Wildman–Crippen LogP) is 6.13. The molecule has 7 nitrogen and oxygen atoms in total. The van der Waals surface area contributed by atoms with Gasteiger partial charge in [0.05, 0.1) is 57.5 Å². The van der Waals surface area contributed by atoms with Gasteiger partial charge in [-0.3, -0.25) is 29.2 Å². The first kappa shape index (κ1) is 29.2. The Labute approximate surface area is 233 Å². The summed E-state index contributed by atoms with van der Waals surface area (Å²) in [6.45, 7) is -0.679. The number of hydrogen-bond acceptors (Lipinski definition) is 6. The Morgan fingerprint density at radius 1 is 1.12 bits per heavy atom. The van der Waals surface area contributed by atoms with E-state index < -0.39 is 67.2 Å². The average Bonchev–Trinajstić information content (AvgIpc) is 3.28. The molecule has 2 aromatic rings. The van der Waals surface area contributed by atoms with Crippen LogP contribution >= 0.6 is 33.8 Å². The van der Waals surface area contributed by atoms with Crippen LogP contribution in [0.25, 0.3) is 5.70 Å². The van der Waals surface area contributed by atoms with Crippen LogP contribution in [0.4, 0.5) is 30.7 Å². The highest BCUT2D eigenvalue weighted by molar-refractivity contribution is 8.25. The molecule has 4 heterocycles. The molecule has 0 bridgehead atoms. The highest BCUT2D eigenvalue weighted by atomic mass is 35.5. The predicted molar refractivity (Wildman–Crippen MR) is 131 cm³/mol. The normalized spacial score (nSPS) is 25.0. The van der Waals surface area contributed by atoms with Gasteiger partial charge in [0, 0.05) is 17.3 Å². The minimum Gasteiger partial charge on any atom is -0.335 e. The lowest BCUT2D eigenvalue weighted by molar-refractivity contribution is -0.269. The molecule has 40 heavy (non-hydrogen) atoms. The second-order valence-electron chi connectivity index (χ2n) is 9.74. The van der Waals surface area contributed by atoms with E-state index in [0.29, 0.717) is 12.1 Å². The molecule has 218 valence electrons. The van der Waals surface area contributed by atoms with Crippen molar-refractivity contribution >= 4 is 45.4 Å². The maximum atomic E-state index is 15.3. The number of likely N-dealkylation sites (tertiary alicyclic amines) is 1.